The fraction of sp³-hybridized carbons (Fsp3) is 0.188. The molecule has 0 radical (unpaired) electrons. The zero-order valence-electron chi connectivity index (χ0n) is 11.8. The van der Waals surface area contributed by atoms with Gasteiger partial charge in [0, 0.05) is 0 Å². The van der Waals surface area contributed by atoms with Gasteiger partial charge in [0.15, 0.2) is 5.75 Å². The Morgan fingerprint density at radius 1 is 1.09 bits per heavy atom. The maximum absolute atomic E-state index is 12.2. The number of amides is 1. The van der Waals surface area contributed by atoms with Gasteiger partial charge >= 0.3 is 0 Å². The summed E-state index contributed by atoms with van der Waals surface area (Å²) in [6.45, 7) is 2.31. The highest BCUT2D eigenvalue weighted by Crippen LogP contribution is 2.33. The third kappa shape index (κ3) is 4.29. The predicted molar refractivity (Wildman–Crippen MR) is 91.4 cm³/mol. The van der Waals surface area contributed by atoms with Crippen molar-refractivity contribution >= 4 is 46.4 Å². The van der Waals surface area contributed by atoms with Crippen LogP contribution in [0.3, 0.4) is 0 Å². The quantitative estimate of drug-likeness (QED) is 0.795. The number of hydrogen-bond acceptors (Lipinski definition) is 2. The van der Waals surface area contributed by atoms with Crippen molar-refractivity contribution < 1.29 is 9.53 Å². The third-order valence-electron chi connectivity index (χ3n) is 2.88. The average Bonchev–Trinajstić information content (AvgIpc) is 2.46. The molecule has 22 heavy (non-hydrogen) atoms. The molecule has 0 fully saturated rings. The molecule has 3 nitrogen and oxygen atoms in total. The van der Waals surface area contributed by atoms with E-state index >= 15 is 0 Å². The normalized spacial score (nSPS) is 10.4. The third-order valence-corrected chi connectivity index (χ3v) is 3.92. The fourth-order valence-corrected chi connectivity index (χ4v) is 2.48. The van der Waals surface area contributed by atoms with E-state index in [2.05, 4.69) is 5.32 Å². The van der Waals surface area contributed by atoms with Crippen LogP contribution in [-0.4, -0.2) is 12.5 Å². The van der Waals surface area contributed by atoms with E-state index in [0.717, 1.165) is 5.56 Å². The molecule has 2 aromatic rings. The summed E-state index contributed by atoms with van der Waals surface area (Å²) < 4.78 is 5.47. The number of hydrogen-bond donors (Lipinski definition) is 1. The molecule has 0 unspecified atom stereocenters. The first-order valence-corrected chi connectivity index (χ1v) is 7.79. The van der Waals surface area contributed by atoms with E-state index < -0.39 is 0 Å². The van der Waals surface area contributed by atoms with Crippen molar-refractivity contribution in [3.63, 3.8) is 0 Å². The lowest BCUT2D eigenvalue weighted by atomic mass is 10.1. The predicted octanol–water partition coefficient (Wildman–Crippen LogP) is 5.23. The maximum atomic E-state index is 12.2. The molecule has 0 atom stereocenters. The van der Waals surface area contributed by atoms with E-state index in [1.807, 2.05) is 6.92 Å². The molecule has 0 aromatic heterocycles. The molecule has 0 aliphatic carbocycles. The lowest BCUT2D eigenvalue weighted by Crippen LogP contribution is -2.15. The highest BCUT2D eigenvalue weighted by molar-refractivity contribution is 6.42. The van der Waals surface area contributed by atoms with Crippen molar-refractivity contribution in [3.8, 4) is 5.75 Å². The molecule has 0 aliphatic heterocycles. The van der Waals surface area contributed by atoms with Gasteiger partial charge in [-0.1, -0.05) is 46.9 Å². The highest BCUT2D eigenvalue weighted by atomic mass is 35.5. The van der Waals surface area contributed by atoms with Gasteiger partial charge < -0.3 is 10.1 Å². The van der Waals surface area contributed by atoms with Gasteiger partial charge in [0.25, 0.3) is 0 Å². The number of rotatable bonds is 5. The second kappa shape index (κ2) is 7.73. The van der Waals surface area contributed by atoms with Gasteiger partial charge in [-0.25, -0.2) is 0 Å². The maximum Gasteiger partial charge on any atom is 0.228 e. The molecule has 1 N–H and O–H groups in total. The van der Waals surface area contributed by atoms with Crippen LogP contribution in [0.2, 0.25) is 15.1 Å². The molecule has 0 saturated heterocycles. The molecular formula is C16H14Cl3NO2. The van der Waals surface area contributed by atoms with Crippen LogP contribution in [0.5, 0.6) is 5.75 Å². The Morgan fingerprint density at radius 3 is 2.55 bits per heavy atom. The molecule has 1 amide bonds. The Hall–Kier alpha value is -1.42. The van der Waals surface area contributed by atoms with Crippen LogP contribution in [-0.2, 0) is 11.2 Å². The van der Waals surface area contributed by atoms with Crippen molar-refractivity contribution in [1.29, 1.82) is 0 Å². The SMILES string of the molecule is CCOc1c(Cl)cccc1NC(=O)Cc1ccc(Cl)c(Cl)c1. The standard InChI is InChI=1S/C16H14Cl3NO2/c1-2-22-16-12(18)4-3-5-14(16)20-15(21)9-10-6-7-11(17)13(19)8-10/h3-8H,2,9H2,1H3,(H,20,21). The minimum absolute atomic E-state index is 0.176. The Labute approximate surface area is 144 Å². The van der Waals surface area contributed by atoms with Crippen LogP contribution in [0.4, 0.5) is 5.69 Å². The van der Waals surface area contributed by atoms with Gasteiger partial charge in [-0.05, 0) is 36.8 Å². The molecule has 6 heteroatoms. The first-order valence-electron chi connectivity index (χ1n) is 6.66. The molecule has 0 heterocycles. The Kier molecular flexibility index (Phi) is 5.95. The van der Waals surface area contributed by atoms with Gasteiger partial charge in [-0.3, -0.25) is 4.79 Å². The van der Waals surface area contributed by atoms with Crippen molar-refractivity contribution in [3.05, 3.63) is 57.0 Å². The van der Waals surface area contributed by atoms with Gasteiger partial charge in [0.05, 0.1) is 33.8 Å². The van der Waals surface area contributed by atoms with Crippen molar-refractivity contribution in [2.75, 3.05) is 11.9 Å². The number of carbonyl (C=O) groups is 1. The number of para-hydroxylation sites is 1. The smallest absolute Gasteiger partial charge is 0.228 e. The zero-order valence-corrected chi connectivity index (χ0v) is 14.1. The molecule has 0 spiro atoms. The summed E-state index contributed by atoms with van der Waals surface area (Å²) in [4.78, 5) is 12.2. The zero-order chi connectivity index (χ0) is 16.1. The van der Waals surface area contributed by atoms with Crippen molar-refractivity contribution in [2.45, 2.75) is 13.3 Å². The number of benzene rings is 2. The summed E-state index contributed by atoms with van der Waals surface area (Å²) in [5.74, 6) is 0.274. The van der Waals surface area contributed by atoms with Crippen LogP contribution in [0.25, 0.3) is 0 Å². The van der Waals surface area contributed by atoms with Gasteiger partial charge in [-0.2, -0.15) is 0 Å². The summed E-state index contributed by atoms with van der Waals surface area (Å²) in [6, 6.07) is 10.3. The first-order chi connectivity index (χ1) is 10.5. The molecule has 0 aliphatic rings. The number of ether oxygens (including phenoxy) is 1. The summed E-state index contributed by atoms with van der Waals surface area (Å²) >= 11 is 17.9. The fourth-order valence-electron chi connectivity index (χ4n) is 1.93. The second-order valence-corrected chi connectivity index (χ2v) is 5.74. The lowest BCUT2D eigenvalue weighted by Gasteiger charge is -2.13. The minimum atomic E-state index is -0.193. The number of anilines is 1. The average molecular weight is 359 g/mol. The van der Waals surface area contributed by atoms with Crippen LogP contribution < -0.4 is 10.1 Å². The topological polar surface area (TPSA) is 38.3 Å². The Balaban J connectivity index is 2.12. The van der Waals surface area contributed by atoms with Crippen LogP contribution in [0.15, 0.2) is 36.4 Å². The van der Waals surface area contributed by atoms with Crippen molar-refractivity contribution in [1.82, 2.24) is 0 Å². The van der Waals surface area contributed by atoms with E-state index in [9.17, 15) is 4.79 Å². The van der Waals surface area contributed by atoms with Crippen LogP contribution >= 0.6 is 34.8 Å². The summed E-state index contributed by atoms with van der Waals surface area (Å²) in [5, 5.41) is 4.13. The summed E-state index contributed by atoms with van der Waals surface area (Å²) in [5.41, 5.74) is 1.31. The molecule has 0 bridgehead atoms. The van der Waals surface area contributed by atoms with E-state index in [4.69, 9.17) is 39.5 Å². The number of nitrogens with one attached hydrogen (secondary N) is 1. The van der Waals surface area contributed by atoms with Gasteiger partial charge in [-0.15, -0.1) is 0 Å². The monoisotopic (exact) mass is 357 g/mol. The summed E-state index contributed by atoms with van der Waals surface area (Å²) in [6.07, 6.45) is 0.176. The molecule has 2 aromatic carbocycles. The number of halogens is 3. The Bertz CT molecular complexity index is 689. The van der Waals surface area contributed by atoms with Crippen LogP contribution in [0, 0.1) is 0 Å². The number of carbonyl (C=O) groups excluding carboxylic acids is 1. The lowest BCUT2D eigenvalue weighted by molar-refractivity contribution is -0.115. The van der Waals surface area contributed by atoms with Crippen molar-refractivity contribution in [2.24, 2.45) is 0 Å². The Morgan fingerprint density at radius 2 is 1.86 bits per heavy atom. The van der Waals surface area contributed by atoms with E-state index in [1.165, 1.54) is 0 Å². The largest absolute Gasteiger partial charge is 0.490 e. The highest BCUT2D eigenvalue weighted by Gasteiger charge is 2.12. The van der Waals surface area contributed by atoms with Gasteiger partial charge in [0.1, 0.15) is 0 Å². The van der Waals surface area contributed by atoms with Crippen LogP contribution in [0.1, 0.15) is 12.5 Å². The van der Waals surface area contributed by atoms with E-state index in [-0.39, 0.29) is 12.3 Å². The molecular weight excluding hydrogens is 345 g/mol. The second-order valence-electron chi connectivity index (χ2n) is 4.52. The van der Waals surface area contributed by atoms with Gasteiger partial charge in [0.2, 0.25) is 5.91 Å². The summed E-state index contributed by atoms with van der Waals surface area (Å²) in [7, 11) is 0. The van der Waals surface area contributed by atoms with E-state index in [1.54, 1.807) is 36.4 Å². The van der Waals surface area contributed by atoms with E-state index in [0.29, 0.717) is 33.1 Å². The molecule has 0 saturated carbocycles. The molecule has 116 valence electrons. The minimum Gasteiger partial charge on any atom is -0.490 e. The molecule has 2 rings (SSSR count). The first kappa shape index (κ1) is 16.9.